The summed E-state index contributed by atoms with van der Waals surface area (Å²) in [4.78, 5) is 26.5. The van der Waals surface area contributed by atoms with Crippen LogP contribution in [0.3, 0.4) is 0 Å². The van der Waals surface area contributed by atoms with Gasteiger partial charge in [0.05, 0.1) is 14.2 Å². The van der Waals surface area contributed by atoms with Crippen LogP contribution in [0.25, 0.3) is 0 Å². The van der Waals surface area contributed by atoms with E-state index in [1.807, 2.05) is 20.8 Å². The largest absolute Gasteiger partial charge is 0.496 e. The molecule has 0 aromatic heterocycles. The number of hydrogen-bond donors (Lipinski definition) is 1. The van der Waals surface area contributed by atoms with Crippen LogP contribution in [0.2, 0.25) is 0 Å². The predicted molar refractivity (Wildman–Crippen MR) is 97.8 cm³/mol. The van der Waals surface area contributed by atoms with E-state index in [-0.39, 0.29) is 18.0 Å². The van der Waals surface area contributed by atoms with Crippen molar-refractivity contribution in [3.8, 4) is 11.5 Å². The smallest absolute Gasteiger partial charge is 0.410 e. The Hall–Kier alpha value is -2.44. The summed E-state index contributed by atoms with van der Waals surface area (Å²) in [7, 11) is 3.04. The number of methoxy groups -OCH3 is 2. The Kier molecular flexibility index (Phi) is 6.34. The molecule has 1 N–H and O–H groups in total. The van der Waals surface area contributed by atoms with E-state index < -0.39 is 5.60 Å². The normalized spacial score (nSPS) is 15.3. The second-order valence-corrected chi connectivity index (χ2v) is 7.25. The minimum absolute atomic E-state index is 0.0178. The lowest BCUT2D eigenvalue weighted by Crippen LogP contribution is -2.47. The number of nitrogens with zero attached hydrogens (tertiary/aromatic N) is 1. The lowest BCUT2D eigenvalue weighted by Gasteiger charge is -2.33. The molecule has 1 saturated heterocycles. The van der Waals surface area contributed by atoms with E-state index in [0.717, 1.165) is 0 Å². The first-order chi connectivity index (χ1) is 12.2. The second kappa shape index (κ2) is 8.29. The van der Waals surface area contributed by atoms with Crippen molar-refractivity contribution in [3.63, 3.8) is 0 Å². The SMILES string of the molecule is COc1cccc(OC)c1C(=O)NC1CCN(C(=O)OC(C)(C)C)CC1. The number of nitrogens with one attached hydrogen (secondary N) is 1. The van der Waals surface area contributed by atoms with Gasteiger partial charge in [-0.2, -0.15) is 0 Å². The molecule has 0 aliphatic carbocycles. The van der Waals surface area contributed by atoms with Crippen LogP contribution in [-0.4, -0.2) is 55.9 Å². The number of benzene rings is 1. The standard InChI is InChI=1S/C19H28N2O5/c1-19(2,3)26-18(23)21-11-9-13(10-12-21)20-17(22)16-14(24-4)7-6-8-15(16)25-5/h6-8,13H,9-12H2,1-5H3,(H,20,22). The molecule has 1 aliphatic heterocycles. The summed E-state index contributed by atoms with van der Waals surface area (Å²) < 4.78 is 16.0. The Bertz CT molecular complexity index is 624. The van der Waals surface area contributed by atoms with Crippen LogP contribution in [0.15, 0.2) is 18.2 Å². The highest BCUT2D eigenvalue weighted by Gasteiger charge is 2.28. The first-order valence-corrected chi connectivity index (χ1v) is 8.75. The maximum absolute atomic E-state index is 12.7. The number of carbonyl (C=O) groups excluding carboxylic acids is 2. The maximum Gasteiger partial charge on any atom is 0.410 e. The van der Waals surface area contributed by atoms with Crippen molar-refractivity contribution in [1.82, 2.24) is 10.2 Å². The third-order valence-corrected chi connectivity index (χ3v) is 4.14. The number of hydrogen-bond acceptors (Lipinski definition) is 5. The van der Waals surface area contributed by atoms with E-state index in [4.69, 9.17) is 14.2 Å². The lowest BCUT2D eigenvalue weighted by molar-refractivity contribution is 0.0199. The number of carbonyl (C=O) groups is 2. The minimum Gasteiger partial charge on any atom is -0.496 e. The summed E-state index contributed by atoms with van der Waals surface area (Å²) in [5.74, 6) is 0.691. The molecule has 7 nitrogen and oxygen atoms in total. The highest BCUT2D eigenvalue weighted by atomic mass is 16.6. The van der Waals surface area contributed by atoms with Crippen molar-refractivity contribution < 1.29 is 23.8 Å². The Morgan fingerprint density at radius 1 is 1.08 bits per heavy atom. The van der Waals surface area contributed by atoms with Gasteiger partial charge in [-0.3, -0.25) is 4.79 Å². The van der Waals surface area contributed by atoms with Crippen molar-refractivity contribution >= 4 is 12.0 Å². The molecule has 7 heteroatoms. The average Bonchev–Trinajstić information content (AvgIpc) is 2.59. The summed E-state index contributed by atoms with van der Waals surface area (Å²) in [6.07, 6.45) is 1.03. The highest BCUT2D eigenvalue weighted by molar-refractivity contribution is 5.99. The number of piperidine rings is 1. The zero-order valence-electron chi connectivity index (χ0n) is 16.1. The van der Waals surface area contributed by atoms with Crippen LogP contribution in [0.4, 0.5) is 4.79 Å². The van der Waals surface area contributed by atoms with E-state index in [0.29, 0.717) is 43.0 Å². The second-order valence-electron chi connectivity index (χ2n) is 7.25. The van der Waals surface area contributed by atoms with Crippen molar-refractivity contribution in [2.75, 3.05) is 27.3 Å². The van der Waals surface area contributed by atoms with Crippen LogP contribution in [0.5, 0.6) is 11.5 Å². The van der Waals surface area contributed by atoms with E-state index in [2.05, 4.69) is 5.32 Å². The molecule has 0 unspecified atom stereocenters. The van der Waals surface area contributed by atoms with E-state index >= 15 is 0 Å². The van der Waals surface area contributed by atoms with Gasteiger partial charge in [0, 0.05) is 19.1 Å². The fourth-order valence-electron chi connectivity index (χ4n) is 2.87. The van der Waals surface area contributed by atoms with Gasteiger partial charge in [-0.1, -0.05) is 6.07 Å². The van der Waals surface area contributed by atoms with Crippen LogP contribution in [0, 0.1) is 0 Å². The molecular formula is C19H28N2O5. The molecule has 1 heterocycles. The van der Waals surface area contributed by atoms with Gasteiger partial charge in [0.25, 0.3) is 5.91 Å². The van der Waals surface area contributed by atoms with Crippen LogP contribution in [0.1, 0.15) is 44.0 Å². The maximum atomic E-state index is 12.7. The number of likely N-dealkylation sites (tertiary alicyclic amines) is 1. The highest BCUT2D eigenvalue weighted by Crippen LogP contribution is 2.28. The van der Waals surface area contributed by atoms with Crippen molar-refractivity contribution in [2.24, 2.45) is 0 Å². The summed E-state index contributed by atoms with van der Waals surface area (Å²) in [5.41, 5.74) is -0.130. The molecular weight excluding hydrogens is 336 g/mol. The van der Waals surface area contributed by atoms with Gasteiger partial charge >= 0.3 is 6.09 Å². The Balaban J connectivity index is 1.96. The number of rotatable bonds is 4. The summed E-state index contributed by atoms with van der Waals surface area (Å²) >= 11 is 0. The molecule has 0 spiro atoms. The first kappa shape index (κ1) is 19.9. The fraction of sp³-hybridized carbons (Fsp3) is 0.579. The molecule has 2 amide bonds. The predicted octanol–water partition coefficient (Wildman–Crippen LogP) is 2.83. The van der Waals surface area contributed by atoms with Gasteiger partial charge in [0.2, 0.25) is 0 Å². The molecule has 1 aromatic rings. The van der Waals surface area contributed by atoms with E-state index in [9.17, 15) is 9.59 Å². The van der Waals surface area contributed by atoms with Gasteiger partial charge < -0.3 is 24.4 Å². The molecule has 0 bridgehead atoms. The zero-order chi connectivity index (χ0) is 19.3. The minimum atomic E-state index is -0.511. The average molecular weight is 364 g/mol. The third-order valence-electron chi connectivity index (χ3n) is 4.14. The summed E-state index contributed by atoms with van der Waals surface area (Å²) in [5, 5.41) is 3.01. The Labute approximate surface area is 154 Å². The fourth-order valence-corrected chi connectivity index (χ4v) is 2.87. The molecule has 1 aromatic carbocycles. The molecule has 144 valence electrons. The summed E-state index contributed by atoms with van der Waals surface area (Å²) in [6, 6.07) is 5.20. The summed E-state index contributed by atoms with van der Waals surface area (Å²) in [6.45, 7) is 6.63. The lowest BCUT2D eigenvalue weighted by atomic mass is 10.0. The molecule has 2 rings (SSSR count). The molecule has 0 radical (unpaired) electrons. The van der Waals surface area contributed by atoms with Gasteiger partial charge in [0.1, 0.15) is 22.7 Å². The first-order valence-electron chi connectivity index (χ1n) is 8.75. The van der Waals surface area contributed by atoms with Crippen LogP contribution in [-0.2, 0) is 4.74 Å². The van der Waals surface area contributed by atoms with Crippen LogP contribution < -0.4 is 14.8 Å². The monoisotopic (exact) mass is 364 g/mol. The number of amides is 2. The molecule has 0 atom stereocenters. The molecule has 0 saturated carbocycles. The molecule has 1 aliphatic rings. The van der Waals surface area contributed by atoms with E-state index in [1.54, 1.807) is 23.1 Å². The molecule has 26 heavy (non-hydrogen) atoms. The number of ether oxygens (including phenoxy) is 3. The Morgan fingerprint density at radius 2 is 1.62 bits per heavy atom. The van der Waals surface area contributed by atoms with Crippen molar-refractivity contribution in [2.45, 2.75) is 45.3 Å². The van der Waals surface area contributed by atoms with Gasteiger partial charge in [-0.05, 0) is 45.7 Å². The van der Waals surface area contributed by atoms with E-state index in [1.165, 1.54) is 14.2 Å². The molecule has 1 fully saturated rings. The Morgan fingerprint density at radius 3 is 2.08 bits per heavy atom. The quantitative estimate of drug-likeness (QED) is 0.889. The van der Waals surface area contributed by atoms with Gasteiger partial charge in [-0.15, -0.1) is 0 Å². The zero-order valence-corrected chi connectivity index (χ0v) is 16.1. The van der Waals surface area contributed by atoms with Crippen LogP contribution >= 0.6 is 0 Å². The van der Waals surface area contributed by atoms with Gasteiger partial charge in [-0.25, -0.2) is 4.79 Å². The van der Waals surface area contributed by atoms with Crippen molar-refractivity contribution in [1.29, 1.82) is 0 Å². The van der Waals surface area contributed by atoms with Crippen molar-refractivity contribution in [3.05, 3.63) is 23.8 Å². The topological polar surface area (TPSA) is 77.1 Å². The van der Waals surface area contributed by atoms with Gasteiger partial charge in [0.15, 0.2) is 0 Å². The third kappa shape index (κ3) is 5.03.